The van der Waals surface area contributed by atoms with Crippen LogP contribution < -0.4 is 10.2 Å². The van der Waals surface area contributed by atoms with Gasteiger partial charge in [0.15, 0.2) is 5.82 Å². The van der Waals surface area contributed by atoms with E-state index < -0.39 is 11.7 Å². The molecule has 9 nitrogen and oxygen atoms in total. The Morgan fingerprint density at radius 2 is 2.07 bits per heavy atom. The first kappa shape index (κ1) is 18.9. The first-order valence-electron chi connectivity index (χ1n) is 9.22. The third kappa shape index (κ3) is 4.21. The molecule has 0 unspecified atom stereocenters. The van der Waals surface area contributed by atoms with E-state index in [9.17, 15) is 9.18 Å². The van der Waals surface area contributed by atoms with E-state index >= 15 is 0 Å². The Balaban J connectivity index is 1.38. The lowest BCUT2D eigenvalue weighted by molar-refractivity contribution is 0.0947. The van der Waals surface area contributed by atoms with Gasteiger partial charge in [-0.25, -0.2) is 9.37 Å². The molecular weight excluding hydrogens is 377 g/mol. The number of carbonyl (C=O) groups is 1. The van der Waals surface area contributed by atoms with Crippen LogP contribution in [0.3, 0.4) is 0 Å². The van der Waals surface area contributed by atoms with Gasteiger partial charge >= 0.3 is 0 Å². The number of amides is 1. The van der Waals surface area contributed by atoms with Crippen LogP contribution in [0.25, 0.3) is 5.69 Å². The molecule has 29 heavy (non-hydrogen) atoms. The Hall–Kier alpha value is -3.40. The van der Waals surface area contributed by atoms with Crippen LogP contribution in [-0.4, -0.2) is 57.4 Å². The Morgan fingerprint density at radius 3 is 2.72 bits per heavy atom. The Bertz CT molecular complexity index is 1000. The monoisotopic (exact) mass is 397 g/mol. The third-order valence-corrected chi connectivity index (χ3v) is 4.66. The topological polar surface area (TPSA) is 98.1 Å². The van der Waals surface area contributed by atoms with E-state index in [1.807, 2.05) is 12.1 Å². The molecule has 0 saturated carbocycles. The average molecular weight is 397 g/mol. The van der Waals surface area contributed by atoms with Gasteiger partial charge < -0.3 is 15.0 Å². The molecule has 1 fully saturated rings. The molecule has 2 aromatic heterocycles. The van der Waals surface area contributed by atoms with Gasteiger partial charge in [0, 0.05) is 31.9 Å². The molecule has 1 aliphatic heterocycles. The number of aromatic nitrogens is 5. The van der Waals surface area contributed by atoms with Crippen LogP contribution in [0.5, 0.6) is 0 Å². The maximum Gasteiger partial charge on any atom is 0.254 e. The Kier molecular flexibility index (Phi) is 5.43. The lowest BCUT2D eigenvalue weighted by atomic mass is 10.1. The molecule has 1 aromatic carbocycles. The molecule has 1 N–H and O–H groups in total. The SMILES string of the molecule is Cc1nnnn1-c1ccc(C(=O)NCc2ccc(N3CCOCC3)nc2)c(F)c1. The fourth-order valence-corrected chi connectivity index (χ4v) is 3.07. The molecule has 3 heterocycles. The molecule has 10 heteroatoms. The van der Waals surface area contributed by atoms with Crippen LogP contribution in [0.2, 0.25) is 0 Å². The molecule has 4 rings (SSSR count). The normalized spacial score (nSPS) is 14.1. The lowest BCUT2D eigenvalue weighted by Crippen LogP contribution is -2.36. The van der Waals surface area contributed by atoms with Crippen molar-refractivity contribution in [2.24, 2.45) is 0 Å². The minimum atomic E-state index is -0.643. The van der Waals surface area contributed by atoms with Crippen molar-refractivity contribution in [3.63, 3.8) is 0 Å². The minimum absolute atomic E-state index is 0.0441. The highest BCUT2D eigenvalue weighted by atomic mass is 19.1. The minimum Gasteiger partial charge on any atom is -0.378 e. The summed E-state index contributed by atoms with van der Waals surface area (Å²) in [4.78, 5) is 19.0. The number of halogens is 1. The van der Waals surface area contributed by atoms with Crippen LogP contribution in [0, 0.1) is 12.7 Å². The van der Waals surface area contributed by atoms with E-state index in [1.165, 1.54) is 16.8 Å². The van der Waals surface area contributed by atoms with Gasteiger partial charge in [-0.3, -0.25) is 4.79 Å². The predicted octanol–water partition coefficient (Wildman–Crippen LogP) is 1.27. The van der Waals surface area contributed by atoms with Gasteiger partial charge in [-0.1, -0.05) is 6.07 Å². The lowest BCUT2D eigenvalue weighted by Gasteiger charge is -2.27. The van der Waals surface area contributed by atoms with E-state index in [-0.39, 0.29) is 12.1 Å². The molecule has 1 amide bonds. The number of aryl methyl sites for hydroxylation is 1. The number of carbonyl (C=O) groups excluding carboxylic acids is 1. The largest absolute Gasteiger partial charge is 0.378 e. The zero-order chi connectivity index (χ0) is 20.2. The summed E-state index contributed by atoms with van der Waals surface area (Å²) in [7, 11) is 0. The van der Waals surface area contributed by atoms with Gasteiger partial charge in [0.05, 0.1) is 24.5 Å². The first-order valence-corrected chi connectivity index (χ1v) is 9.22. The molecule has 0 bridgehead atoms. The zero-order valence-electron chi connectivity index (χ0n) is 15.9. The van der Waals surface area contributed by atoms with Crippen molar-refractivity contribution >= 4 is 11.7 Å². The number of anilines is 1. The van der Waals surface area contributed by atoms with Gasteiger partial charge in [-0.2, -0.15) is 4.68 Å². The molecule has 3 aromatic rings. The van der Waals surface area contributed by atoms with Crippen LogP contribution >= 0.6 is 0 Å². The van der Waals surface area contributed by atoms with Crippen molar-refractivity contribution in [2.75, 3.05) is 31.2 Å². The molecule has 0 atom stereocenters. The van der Waals surface area contributed by atoms with Crippen molar-refractivity contribution in [2.45, 2.75) is 13.5 Å². The standard InChI is InChI=1S/C19H20FN7O2/c1-13-23-24-25-27(13)15-3-4-16(17(20)10-15)19(28)22-12-14-2-5-18(21-11-14)26-6-8-29-9-7-26/h2-5,10-11H,6-9,12H2,1H3,(H,22,28). The van der Waals surface area contributed by atoms with Crippen LogP contribution in [0.15, 0.2) is 36.5 Å². The molecule has 1 aliphatic rings. The van der Waals surface area contributed by atoms with Crippen molar-refractivity contribution in [1.82, 2.24) is 30.5 Å². The summed E-state index contributed by atoms with van der Waals surface area (Å²) in [5.41, 5.74) is 1.23. The van der Waals surface area contributed by atoms with Crippen molar-refractivity contribution < 1.29 is 13.9 Å². The fourth-order valence-electron chi connectivity index (χ4n) is 3.07. The highest BCUT2D eigenvalue weighted by Gasteiger charge is 2.15. The average Bonchev–Trinajstić information content (AvgIpc) is 3.19. The summed E-state index contributed by atoms with van der Waals surface area (Å²) < 4.78 is 21.2. The number of benzene rings is 1. The highest BCUT2D eigenvalue weighted by molar-refractivity contribution is 5.94. The number of rotatable bonds is 5. The quantitative estimate of drug-likeness (QED) is 0.692. The van der Waals surface area contributed by atoms with E-state index in [4.69, 9.17) is 4.74 Å². The summed E-state index contributed by atoms with van der Waals surface area (Å²) in [6.45, 7) is 4.96. The second kappa shape index (κ2) is 8.31. The Labute approximate surface area is 166 Å². The predicted molar refractivity (Wildman–Crippen MR) is 102 cm³/mol. The summed E-state index contributed by atoms with van der Waals surface area (Å²) in [6, 6.07) is 8.06. The second-order valence-electron chi connectivity index (χ2n) is 6.61. The number of hydrogen-bond donors (Lipinski definition) is 1. The van der Waals surface area contributed by atoms with E-state index in [0.717, 1.165) is 24.5 Å². The smallest absolute Gasteiger partial charge is 0.254 e. The van der Waals surface area contributed by atoms with Gasteiger partial charge in [-0.15, -0.1) is 5.10 Å². The van der Waals surface area contributed by atoms with Crippen molar-refractivity contribution in [1.29, 1.82) is 0 Å². The number of pyridine rings is 1. The summed E-state index contributed by atoms with van der Waals surface area (Å²) in [5, 5.41) is 13.8. The maximum absolute atomic E-state index is 14.4. The molecule has 0 radical (unpaired) electrons. The van der Waals surface area contributed by atoms with Crippen LogP contribution in [0.1, 0.15) is 21.7 Å². The van der Waals surface area contributed by atoms with Crippen molar-refractivity contribution in [3.8, 4) is 5.69 Å². The maximum atomic E-state index is 14.4. The molecule has 0 spiro atoms. The number of morpholine rings is 1. The number of hydrogen-bond acceptors (Lipinski definition) is 7. The van der Waals surface area contributed by atoms with Gasteiger partial charge in [0.1, 0.15) is 11.6 Å². The molecule has 150 valence electrons. The number of tetrazole rings is 1. The van der Waals surface area contributed by atoms with E-state index in [2.05, 4.69) is 30.7 Å². The third-order valence-electron chi connectivity index (χ3n) is 4.66. The molecule has 0 aliphatic carbocycles. The number of nitrogens with one attached hydrogen (secondary N) is 1. The van der Waals surface area contributed by atoms with Crippen LogP contribution in [0.4, 0.5) is 10.2 Å². The van der Waals surface area contributed by atoms with Crippen LogP contribution in [-0.2, 0) is 11.3 Å². The molecular formula is C19H20FN7O2. The summed E-state index contributed by atoms with van der Waals surface area (Å²) in [5.74, 6) is 0.257. The number of nitrogens with zero attached hydrogens (tertiary/aromatic N) is 6. The van der Waals surface area contributed by atoms with E-state index in [1.54, 1.807) is 19.2 Å². The first-order chi connectivity index (χ1) is 14.1. The highest BCUT2D eigenvalue weighted by Crippen LogP contribution is 2.15. The summed E-state index contributed by atoms with van der Waals surface area (Å²) in [6.07, 6.45) is 1.71. The second-order valence-corrected chi connectivity index (χ2v) is 6.61. The Morgan fingerprint density at radius 1 is 1.24 bits per heavy atom. The van der Waals surface area contributed by atoms with Gasteiger partial charge in [0.2, 0.25) is 0 Å². The van der Waals surface area contributed by atoms with E-state index in [0.29, 0.717) is 24.7 Å². The van der Waals surface area contributed by atoms with Crippen molar-refractivity contribution in [3.05, 3.63) is 59.3 Å². The van der Waals surface area contributed by atoms with Gasteiger partial charge in [-0.05, 0) is 41.1 Å². The fraction of sp³-hybridized carbons (Fsp3) is 0.316. The van der Waals surface area contributed by atoms with Gasteiger partial charge in [0.25, 0.3) is 5.91 Å². The summed E-state index contributed by atoms with van der Waals surface area (Å²) >= 11 is 0. The number of ether oxygens (including phenoxy) is 1. The molecule has 1 saturated heterocycles. The zero-order valence-corrected chi connectivity index (χ0v) is 15.9.